The molecule has 0 spiro atoms. The van der Waals surface area contributed by atoms with Gasteiger partial charge in [-0.2, -0.15) is 8.42 Å². The number of anilines is 1. The smallest absolute Gasteiger partial charge is 0.326 e. The van der Waals surface area contributed by atoms with Gasteiger partial charge in [0.15, 0.2) is 0 Å². The number of benzene rings is 1. The summed E-state index contributed by atoms with van der Waals surface area (Å²) >= 11 is 0. The van der Waals surface area contributed by atoms with Crippen LogP contribution < -0.4 is 14.8 Å². The molecule has 0 aromatic heterocycles. The number of carbonyl (C=O) groups is 2. The van der Waals surface area contributed by atoms with Crippen molar-refractivity contribution in [1.82, 2.24) is 4.72 Å². The van der Waals surface area contributed by atoms with Crippen LogP contribution in [0.1, 0.15) is 5.56 Å². The Hall–Kier alpha value is -2.13. The Morgan fingerprint density at radius 3 is 2.45 bits per heavy atom. The maximum Gasteiger partial charge on any atom is 0.326 e. The number of hydrogen-bond acceptors (Lipinski definition) is 5. The molecule has 1 aromatic carbocycles. The number of carbonyl (C=O) groups excluding carboxylic acids is 1. The van der Waals surface area contributed by atoms with Gasteiger partial charge in [-0.25, -0.2) is 9.03 Å². The van der Waals surface area contributed by atoms with E-state index in [1.807, 2.05) is 4.72 Å². The lowest BCUT2D eigenvalue weighted by atomic mass is 10.1. The molecule has 1 atom stereocenters. The van der Waals surface area contributed by atoms with Crippen molar-refractivity contribution in [2.45, 2.75) is 12.5 Å². The van der Waals surface area contributed by atoms with Gasteiger partial charge in [-0.3, -0.25) is 9.59 Å². The molecule has 1 aliphatic heterocycles. The maximum atomic E-state index is 11.6. The summed E-state index contributed by atoms with van der Waals surface area (Å²) in [6.07, 6.45) is 0.138. The zero-order chi connectivity index (χ0) is 14.9. The number of hydrogen-bond donors (Lipinski definition) is 3. The molecule has 1 fully saturated rings. The first-order chi connectivity index (χ1) is 9.29. The van der Waals surface area contributed by atoms with Crippen LogP contribution >= 0.6 is 0 Å². The third-order valence-corrected chi connectivity index (χ3v) is 4.22. The summed E-state index contributed by atoms with van der Waals surface area (Å²) in [5, 5.41) is 8.71. The van der Waals surface area contributed by atoms with Gasteiger partial charge in [0.25, 0.3) is 5.91 Å². The van der Waals surface area contributed by atoms with E-state index in [4.69, 9.17) is 10.8 Å². The average Bonchev–Trinajstić information content (AvgIpc) is 2.63. The molecule has 1 aliphatic rings. The van der Waals surface area contributed by atoms with E-state index in [-0.39, 0.29) is 13.0 Å². The summed E-state index contributed by atoms with van der Waals surface area (Å²) in [7, 11) is -3.82. The Bertz CT molecular complexity index is 641. The van der Waals surface area contributed by atoms with Crippen molar-refractivity contribution >= 4 is 27.8 Å². The third-order valence-electron chi connectivity index (χ3n) is 2.82. The van der Waals surface area contributed by atoms with Crippen LogP contribution in [0.2, 0.25) is 0 Å². The topological polar surface area (TPSA) is 130 Å². The van der Waals surface area contributed by atoms with Gasteiger partial charge in [0.2, 0.25) is 0 Å². The highest BCUT2D eigenvalue weighted by molar-refractivity contribution is 7.92. The number of nitrogens with zero attached hydrogens (tertiary/aromatic N) is 1. The Kier molecular flexibility index (Phi) is 3.64. The molecule has 20 heavy (non-hydrogen) atoms. The molecule has 108 valence electrons. The molecule has 1 saturated heterocycles. The summed E-state index contributed by atoms with van der Waals surface area (Å²) in [4.78, 5) is 21.8. The minimum Gasteiger partial charge on any atom is -0.480 e. The number of carboxylic acid groups (broad SMARTS) is 1. The third kappa shape index (κ3) is 2.89. The van der Waals surface area contributed by atoms with E-state index in [1.54, 1.807) is 12.1 Å². The summed E-state index contributed by atoms with van der Waals surface area (Å²) in [6.45, 7) is -0.268. The monoisotopic (exact) mass is 299 g/mol. The van der Waals surface area contributed by atoms with Crippen LogP contribution in [0.4, 0.5) is 5.69 Å². The number of nitrogens with two attached hydrogens (primary N) is 1. The molecule has 0 radical (unpaired) electrons. The molecule has 1 heterocycles. The lowest BCUT2D eigenvalue weighted by Gasteiger charge is -2.15. The van der Waals surface area contributed by atoms with Crippen molar-refractivity contribution in [2.75, 3.05) is 10.8 Å². The Morgan fingerprint density at radius 2 is 2.00 bits per heavy atom. The lowest BCUT2D eigenvalue weighted by molar-refractivity contribution is -0.138. The Balaban J connectivity index is 2.17. The van der Waals surface area contributed by atoms with Crippen molar-refractivity contribution < 1.29 is 23.1 Å². The van der Waals surface area contributed by atoms with Crippen molar-refractivity contribution in [3.8, 4) is 0 Å². The van der Waals surface area contributed by atoms with Crippen LogP contribution in [0.5, 0.6) is 0 Å². The second-order valence-corrected chi connectivity index (χ2v) is 5.95. The highest BCUT2D eigenvalue weighted by Gasteiger charge is 2.33. The molecule has 2 rings (SSSR count). The van der Waals surface area contributed by atoms with Crippen LogP contribution in [-0.2, 0) is 26.2 Å². The zero-order valence-corrected chi connectivity index (χ0v) is 11.1. The first-order valence-corrected chi connectivity index (χ1v) is 7.14. The van der Waals surface area contributed by atoms with E-state index in [2.05, 4.69) is 0 Å². The minimum atomic E-state index is -3.82. The maximum absolute atomic E-state index is 11.6. The molecule has 4 N–H and O–H groups in total. The molecule has 0 aliphatic carbocycles. The quantitative estimate of drug-likeness (QED) is 0.642. The molecular formula is C11H13N3O5S. The van der Waals surface area contributed by atoms with Crippen molar-refractivity contribution in [3.63, 3.8) is 0 Å². The number of rotatable bonds is 4. The number of nitrogens with one attached hydrogen (secondary N) is 1. The first kappa shape index (κ1) is 14.3. The van der Waals surface area contributed by atoms with E-state index in [1.165, 1.54) is 12.1 Å². The van der Waals surface area contributed by atoms with Crippen LogP contribution in [-0.4, -0.2) is 38.0 Å². The van der Waals surface area contributed by atoms with E-state index in [0.717, 1.165) is 4.31 Å². The van der Waals surface area contributed by atoms with Gasteiger partial charge in [-0.1, -0.05) is 12.1 Å². The van der Waals surface area contributed by atoms with Gasteiger partial charge >= 0.3 is 16.2 Å². The van der Waals surface area contributed by atoms with Gasteiger partial charge in [0, 0.05) is 0 Å². The summed E-state index contributed by atoms with van der Waals surface area (Å²) < 4.78 is 26.0. The van der Waals surface area contributed by atoms with Gasteiger partial charge in [-0.05, 0) is 24.1 Å². The van der Waals surface area contributed by atoms with Crippen LogP contribution in [0.15, 0.2) is 24.3 Å². The largest absolute Gasteiger partial charge is 0.480 e. The van der Waals surface area contributed by atoms with Gasteiger partial charge < -0.3 is 10.8 Å². The lowest BCUT2D eigenvalue weighted by Crippen LogP contribution is -2.32. The summed E-state index contributed by atoms with van der Waals surface area (Å²) in [5.41, 5.74) is 6.41. The Labute approximate surface area is 115 Å². The molecule has 1 amide bonds. The van der Waals surface area contributed by atoms with Crippen molar-refractivity contribution in [3.05, 3.63) is 29.8 Å². The van der Waals surface area contributed by atoms with E-state index >= 15 is 0 Å². The predicted molar refractivity (Wildman–Crippen MR) is 70.2 cm³/mol. The molecule has 9 heteroatoms. The number of amides is 1. The van der Waals surface area contributed by atoms with Gasteiger partial charge in [-0.15, -0.1) is 0 Å². The highest BCUT2D eigenvalue weighted by atomic mass is 32.2. The average molecular weight is 299 g/mol. The second-order valence-electron chi connectivity index (χ2n) is 4.35. The molecule has 8 nitrogen and oxygen atoms in total. The fourth-order valence-electron chi connectivity index (χ4n) is 1.82. The predicted octanol–water partition coefficient (Wildman–Crippen LogP) is -1.18. The number of aliphatic carboxylic acids is 1. The minimum absolute atomic E-state index is 0.138. The fraction of sp³-hybridized carbons (Fsp3) is 0.273. The fourth-order valence-corrected chi connectivity index (χ4v) is 2.97. The first-order valence-electron chi connectivity index (χ1n) is 5.70. The van der Waals surface area contributed by atoms with E-state index in [9.17, 15) is 18.0 Å². The summed E-state index contributed by atoms with van der Waals surface area (Å²) in [5.74, 6) is -1.70. The molecule has 0 saturated carbocycles. The second kappa shape index (κ2) is 5.10. The molecule has 1 unspecified atom stereocenters. The molecule has 0 bridgehead atoms. The van der Waals surface area contributed by atoms with Crippen molar-refractivity contribution in [1.29, 1.82) is 0 Å². The van der Waals surface area contributed by atoms with E-state index in [0.29, 0.717) is 11.3 Å². The highest BCUT2D eigenvalue weighted by Crippen LogP contribution is 2.21. The zero-order valence-electron chi connectivity index (χ0n) is 10.3. The normalized spacial score (nSPS) is 18.6. The summed E-state index contributed by atoms with van der Waals surface area (Å²) in [6, 6.07) is 5.15. The van der Waals surface area contributed by atoms with Crippen molar-refractivity contribution in [2.24, 2.45) is 5.73 Å². The Morgan fingerprint density at radius 1 is 1.40 bits per heavy atom. The van der Waals surface area contributed by atoms with Crippen LogP contribution in [0, 0.1) is 0 Å². The molecular weight excluding hydrogens is 286 g/mol. The number of carboxylic acids is 1. The molecule has 1 aromatic rings. The van der Waals surface area contributed by atoms with Gasteiger partial charge in [0.05, 0.1) is 5.69 Å². The SMILES string of the molecule is NC(Cc1ccc(N2CC(=O)NS2(=O)=O)cc1)C(=O)O. The van der Waals surface area contributed by atoms with E-state index < -0.39 is 28.1 Å². The standard InChI is InChI=1S/C11H13N3O5S/c12-9(11(16)17)5-7-1-3-8(4-2-7)14-6-10(15)13-20(14,18)19/h1-4,9H,5-6,12H2,(H,13,15)(H,16,17). The van der Waals surface area contributed by atoms with Crippen LogP contribution in [0.25, 0.3) is 0 Å². The van der Waals surface area contributed by atoms with Crippen LogP contribution in [0.3, 0.4) is 0 Å². The van der Waals surface area contributed by atoms with Gasteiger partial charge in [0.1, 0.15) is 12.6 Å².